The Morgan fingerprint density at radius 2 is 2.38 bits per heavy atom. The highest BCUT2D eigenvalue weighted by atomic mass is 16.5. The zero-order chi connectivity index (χ0) is 11.4. The Hall–Kier alpha value is -0.870. The summed E-state index contributed by atoms with van der Waals surface area (Å²) >= 11 is 0. The third-order valence-electron chi connectivity index (χ3n) is 3.32. The summed E-state index contributed by atoms with van der Waals surface area (Å²) in [7, 11) is 0. The molecule has 1 atom stereocenters. The zero-order valence-corrected chi connectivity index (χ0v) is 9.84. The van der Waals surface area contributed by atoms with Crippen molar-refractivity contribution in [2.24, 2.45) is 0 Å². The van der Waals surface area contributed by atoms with Gasteiger partial charge in [0, 0.05) is 31.8 Å². The summed E-state index contributed by atoms with van der Waals surface area (Å²) in [6, 6.07) is 0. The number of amides is 1. The molecule has 0 aromatic rings. The average molecular weight is 224 g/mol. The minimum Gasteiger partial charge on any atom is -0.378 e. The number of hydrogen-bond acceptors (Lipinski definition) is 3. The van der Waals surface area contributed by atoms with Crippen molar-refractivity contribution in [3.8, 4) is 0 Å². The van der Waals surface area contributed by atoms with E-state index in [0.717, 1.165) is 51.1 Å². The van der Waals surface area contributed by atoms with Crippen LogP contribution in [0.1, 0.15) is 26.2 Å². The molecule has 4 heteroatoms. The summed E-state index contributed by atoms with van der Waals surface area (Å²) in [5.74, 6) is 0.0782. The highest BCUT2D eigenvalue weighted by molar-refractivity contribution is 5.93. The molecule has 1 amide bonds. The van der Waals surface area contributed by atoms with E-state index in [1.54, 1.807) is 0 Å². The first-order chi connectivity index (χ1) is 7.77. The Labute approximate surface area is 96.4 Å². The molecule has 2 fully saturated rings. The maximum atomic E-state index is 11.7. The van der Waals surface area contributed by atoms with Gasteiger partial charge in [-0.15, -0.1) is 0 Å². The van der Waals surface area contributed by atoms with Crippen LogP contribution in [0.5, 0.6) is 0 Å². The summed E-state index contributed by atoms with van der Waals surface area (Å²) in [6.07, 6.45) is 3.60. The van der Waals surface area contributed by atoms with Crippen molar-refractivity contribution < 1.29 is 9.53 Å². The second-order valence-corrected chi connectivity index (χ2v) is 4.51. The molecule has 0 spiro atoms. The molecule has 0 aromatic carbocycles. The lowest BCUT2D eigenvalue weighted by Gasteiger charge is -2.21. The molecule has 16 heavy (non-hydrogen) atoms. The SMILES string of the molecule is CC(C(=O)NCCC1CCCO1)=C1CNC1. The second-order valence-electron chi connectivity index (χ2n) is 4.51. The van der Waals surface area contributed by atoms with Crippen molar-refractivity contribution >= 4 is 5.91 Å². The van der Waals surface area contributed by atoms with Crippen LogP contribution in [-0.2, 0) is 9.53 Å². The Bertz CT molecular complexity index is 287. The molecular weight excluding hydrogens is 204 g/mol. The third kappa shape index (κ3) is 2.83. The van der Waals surface area contributed by atoms with Crippen LogP contribution < -0.4 is 10.6 Å². The minimum absolute atomic E-state index is 0.0782. The first-order valence-electron chi connectivity index (χ1n) is 6.06. The molecule has 4 nitrogen and oxygen atoms in total. The highest BCUT2D eigenvalue weighted by Crippen LogP contribution is 2.14. The van der Waals surface area contributed by atoms with E-state index in [2.05, 4.69) is 10.6 Å². The fourth-order valence-electron chi connectivity index (χ4n) is 2.03. The van der Waals surface area contributed by atoms with Gasteiger partial charge in [-0.1, -0.05) is 0 Å². The van der Waals surface area contributed by atoms with Gasteiger partial charge in [0.15, 0.2) is 0 Å². The van der Waals surface area contributed by atoms with Gasteiger partial charge in [-0.3, -0.25) is 4.79 Å². The molecule has 0 aromatic heterocycles. The zero-order valence-electron chi connectivity index (χ0n) is 9.84. The molecule has 2 aliphatic heterocycles. The van der Waals surface area contributed by atoms with Crippen molar-refractivity contribution in [3.05, 3.63) is 11.1 Å². The van der Waals surface area contributed by atoms with Gasteiger partial charge in [-0.25, -0.2) is 0 Å². The predicted octanol–water partition coefficient (Wildman–Crippen LogP) is 0.591. The van der Waals surface area contributed by atoms with Crippen LogP contribution >= 0.6 is 0 Å². The number of hydrogen-bond donors (Lipinski definition) is 2. The topological polar surface area (TPSA) is 50.4 Å². The Morgan fingerprint density at radius 3 is 2.94 bits per heavy atom. The van der Waals surface area contributed by atoms with Crippen LogP contribution in [-0.4, -0.2) is 38.3 Å². The van der Waals surface area contributed by atoms with E-state index >= 15 is 0 Å². The summed E-state index contributed by atoms with van der Waals surface area (Å²) in [6.45, 7) is 5.24. The number of rotatable bonds is 4. The number of carbonyl (C=O) groups is 1. The third-order valence-corrected chi connectivity index (χ3v) is 3.32. The van der Waals surface area contributed by atoms with E-state index in [1.165, 1.54) is 5.57 Å². The van der Waals surface area contributed by atoms with E-state index in [4.69, 9.17) is 4.74 Å². The van der Waals surface area contributed by atoms with Gasteiger partial charge >= 0.3 is 0 Å². The molecule has 0 radical (unpaired) electrons. The van der Waals surface area contributed by atoms with Crippen LogP contribution in [0.15, 0.2) is 11.1 Å². The fraction of sp³-hybridized carbons (Fsp3) is 0.750. The van der Waals surface area contributed by atoms with Crippen molar-refractivity contribution in [1.29, 1.82) is 0 Å². The van der Waals surface area contributed by atoms with E-state index in [1.807, 2.05) is 6.92 Å². The molecule has 2 N–H and O–H groups in total. The van der Waals surface area contributed by atoms with Gasteiger partial charge in [0.2, 0.25) is 5.91 Å². The molecule has 1 unspecified atom stereocenters. The van der Waals surface area contributed by atoms with Crippen LogP contribution in [0, 0.1) is 0 Å². The smallest absolute Gasteiger partial charge is 0.246 e. The Balaban J connectivity index is 1.67. The first kappa shape index (κ1) is 11.6. The van der Waals surface area contributed by atoms with Gasteiger partial charge in [-0.05, 0) is 31.8 Å². The predicted molar refractivity (Wildman–Crippen MR) is 62.2 cm³/mol. The Morgan fingerprint density at radius 1 is 1.56 bits per heavy atom. The number of carbonyl (C=O) groups excluding carboxylic acids is 1. The summed E-state index contributed by atoms with van der Waals surface area (Å²) in [5.41, 5.74) is 2.11. The second kappa shape index (κ2) is 5.46. The summed E-state index contributed by atoms with van der Waals surface area (Å²) < 4.78 is 5.50. The minimum atomic E-state index is 0.0782. The van der Waals surface area contributed by atoms with E-state index in [-0.39, 0.29) is 5.91 Å². The molecule has 2 aliphatic rings. The van der Waals surface area contributed by atoms with Gasteiger partial charge in [0.25, 0.3) is 0 Å². The van der Waals surface area contributed by atoms with Crippen molar-refractivity contribution in [3.63, 3.8) is 0 Å². The normalized spacial score (nSPS) is 24.1. The van der Waals surface area contributed by atoms with E-state index < -0.39 is 0 Å². The molecular formula is C12H20N2O2. The molecule has 0 bridgehead atoms. The van der Waals surface area contributed by atoms with Crippen molar-refractivity contribution in [2.45, 2.75) is 32.3 Å². The molecule has 90 valence electrons. The maximum absolute atomic E-state index is 11.7. The van der Waals surface area contributed by atoms with Gasteiger partial charge in [0.05, 0.1) is 6.10 Å². The molecule has 2 rings (SSSR count). The van der Waals surface area contributed by atoms with Gasteiger partial charge in [-0.2, -0.15) is 0 Å². The standard InChI is InChI=1S/C12H20N2O2/c1-9(10-7-13-8-10)12(15)14-5-4-11-3-2-6-16-11/h11,13H,2-8H2,1H3,(H,14,15). The van der Waals surface area contributed by atoms with Crippen LogP contribution in [0.3, 0.4) is 0 Å². The van der Waals surface area contributed by atoms with E-state index in [9.17, 15) is 4.79 Å². The molecule has 0 saturated carbocycles. The maximum Gasteiger partial charge on any atom is 0.246 e. The lowest BCUT2D eigenvalue weighted by molar-refractivity contribution is -0.117. The van der Waals surface area contributed by atoms with Crippen LogP contribution in [0.25, 0.3) is 0 Å². The number of nitrogens with one attached hydrogen (secondary N) is 2. The Kier molecular flexibility index (Phi) is 3.96. The average Bonchev–Trinajstić information content (AvgIpc) is 2.67. The molecule has 0 aliphatic carbocycles. The monoisotopic (exact) mass is 224 g/mol. The van der Waals surface area contributed by atoms with Crippen LogP contribution in [0.4, 0.5) is 0 Å². The summed E-state index contributed by atoms with van der Waals surface area (Å²) in [5, 5.41) is 6.09. The van der Waals surface area contributed by atoms with Crippen LogP contribution in [0.2, 0.25) is 0 Å². The lowest BCUT2D eigenvalue weighted by Crippen LogP contribution is -2.38. The van der Waals surface area contributed by atoms with Crippen molar-refractivity contribution in [1.82, 2.24) is 10.6 Å². The highest BCUT2D eigenvalue weighted by Gasteiger charge is 2.17. The fourth-order valence-corrected chi connectivity index (χ4v) is 2.03. The molecule has 2 heterocycles. The quantitative estimate of drug-likeness (QED) is 0.687. The van der Waals surface area contributed by atoms with Gasteiger partial charge in [0.1, 0.15) is 0 Å². The van der Waals surface area contributed by atoms with Gasteiger partial charge < -0.3 is 15.4 Å². The molecule has 2 saturated heterocycles. The largest absolute Gasteiger partial charge is 0.378 e. The lowest BCUT2D eigenvalue weighted by atomic mass is 10.0. The first-order valence-corrected chi connectivity index (χ1v) is 6.06. The number of ether oxygens (including phenoxy) is 1. The van der Waals surface area contributed by atoms with E-state index in [0.29, 0.717) is 6.10 Å². The summed E-state index contributed by atoms with van der Waals surface area (Å²) in [4.78, 5) is 11.7. The van der Waals surface area contributed by atoms with Crippen molar-refractivity contribution in [2.75, 3.05) is 26.2 Å².